The number of hydrogen-bond donors (Lipinski definition) is 1. The lowest BCUT2D eigenvalue weighted by atomic mass is 10.2. The lowest BCUT2D eigenvalue weighted by Gasteiger charge is -2.05. The van der Waals surface area contributed by atoms with E-state index >= 15 is 0 Å². The number of Topliss-reactive ketones (excluding diaryl/α,β-unsaturated/α-hetero) is 1. The minimum Gasteiger partial charge on any atom is -1.00 e. The monoisotopic (exact) mass is 504 g/mol. The Morgan fingerprint density at radius 3 is 2.19 bits per heavy atom. The molecule has 0 bridgehead atoms. The third-order valence-corrected chi connectivity index (χ3v) is 5.97. The fourth-order valence-corrected chi connectivity index (χ4v) is 4.38. The second-order valence-electron chi connectivity index (χ2n) is 6.00. The van der Waals surface area contributed by atoms with Gasteiger partial charge >= 0.3 is 0 Å². The van der Waals surface area contributed by atoms with Crippen LogP contribution in [-0.2, 0) is 13.1 Å². The van der Waals surface area contributed by atoms with Crippen molar-refractivity contribution in [2.45, 2.75) is 13.1 Å². The average molecular weight is 506 g/mol. The molecule has 1 N–H and O–H groups in total. The number of hydrogen-bond acceptors (Lipinski definition) is 3. The zero-order valence-electron chi connectivity index (χ0n) is 14.2. The van der Waals surface area contributed by atoms with Crippen molar-refractivity contribution in [3.05, 3.63) is 86.6 Å². The van der Waals surface area contributed by atoms with Gasteiger partial charge in [0.1, 0.15) is 0 Å². The van der Waals surface area contributed by atoms with Crippen molar-refractivity contribution in [2.24, 2.45) is 0 Å². The van der Waals surface area contributed by atoms with Gasteiger partial charge in [-0.3, -0.25) is 10.2 Å². The normalized spacial score (nSPS) is 10.7. The van der Waals surface area contributed by atoms with Gasteiger partial charge < -0.3 is 26.1 Å². The predicted molar refractivity (Wildman–Crippen MR) is 108 cm³/mol. The summed E-state index contributed by atoms with van der Waals surface area (Å²) in [5.74, 6) is 0.0156. The number of benzene rings is 2. The summed E-state index contributed by atoms with van der Waals surface area (Å²) in [6, 6.07) is 21.6. The van der Waals surface area contributed by atoms with Gasteiger partial charge in [-0.2, -0.15) is 0 Å². The molecule has 0 aliphatic rings. The van der Waals surface area contributed by atoms with Gasteiger partial charge in [0.25, 0.3) is 0 Å². The van der Waals surface area contributed by atoms with Crippen LogP contribution < -0.4 is 22.6 Å². The molecule has 4 nitrogen and oxygen atoms in total. The second kappa shape index (κ2) is 8.37. The topological polar surface area (TPSA) is 50.8 Å². The summed E-state index contributed by atoms with van der Waals surface area (Å²) < 4.78 is 4.67. The molecule has 0 saturated heterocycles. The lowest BCUT2D eigenvalue weighted by molar-refractivity contribution is -0.0000131. The summed E-state index contributed by atoms with van der Waals surface area (Å²) >= 11 is 4.82. The van der Waals surface area contributed by atoms with Crippen LogP contribution in [0, 0.1) is 5.41 Å². The van der Waals surface area contributed by atoms with Gasteiger partial charge in [0.05, 0.1) is 32.8 Å². The predicted octanol–water partition coefficient (Wildman–Crippen LogP) is 1.68. The van der Waals surface area contributed by atoms with Gasteiger partial charge in [0.15, 0.2) is 5.78 Å². The van der Waals surface area contributed by atoms with Crippen LogP contribution in [-0.4, -0.2) is 14.9 Å². The van der Waals surface area contributed by atoms with E-state index in [9.17, 15) is 4.79 Å². The maximum Gasteiger partial charge on any atom is 0.203 e. The first-order valence-electron chi connectivity index (χ1n) is 8.18. The highest BCUT2D eigenvalue weighted by molar-refractivity contribution is 9.11. The molecule has 0 radical (unpaired) electrons. The van der Waals surface area contributed by atoms with Crippen LogP contribution in [0.3, 0.4) is 0 Å². The number of para-hydroxylation sites is 2. The number of carbonyl (C=O) groups excluding carboxylic acids is 1. The fraction of sp³-hybridized carbons (Fsp3) is 0.100. The molecule has 0 aliphatic heterocycles. The number of ketones is 1. The zero-order valence-corrected chi connectivity index (χ0v) is 18.2. The Balaban J connectivity index is 0.00000210. The van der Waals surface area contributed by atoms with E-state index in [-0.39, 0.29) is 29.3 Å². The number of halogens is 2. The van der Waals surface area contributed by atoms with Crippen LogP contribution in [0.15, 0.2) is 70.5 Å². The largest absolute Gasteiger partial charge is 1.00 e. The lowest BCUT2D eigenvalue weighted by Crippen LogP contribution is -3.00. The van der Waals surface area contributed by atoms with Crippen molar-refractivity contribution in [3.63, 3.8) is 0 Å². The Labute approximate surface area is 179 Å². The first-order chi connectivity index (χ1) is 12.6. The molecule has 0 fully saturated rings. The second-order valence-corrected chi connectivity index (χ2v) is 8.46. The third-order valence-electron chi connectivity index (χ3n) is 4.31. The van der Waals surface area contributed by atoms with Crippen molar-refractivity contribution in [2.75, 3.05) is 0 Å². The molecule has 0 amide bonds. The van der Waals surface area contributed by atoms with Crippen molar-refractivity contribution >= 4 is 44.1 Å². The molecule has 2 aromatic carbocycles. The van der Waals surface area contributed by atoms with Gasteiger partial charge in [-0.05, 0) is 45.8 Å². The number of carbonyl (C=O) groups is 1. The molecule has 138 valence electrons. The van der Waals surface area contributed by atoms with Gasteiger partial charge in [-0.25, -0.2) is 0 Å². The first kappa shape index (κ1) is 19.8. The van der Waals surface area contributed by atoms with Crippen LogP contribution in [0.2, 0.25) is 0 Å². The molecule has 0 saturated carbocycles. The highest BCUT2D eigenvalue weighted by atomic mass is 79.9. The van der Waals surface area contributed by atoms with Gasteiger partial charge in [-0.1, -0.05) is 42.5 Å². The quantitative estimate of drug-likeness (QED) is 0.412. The average Bonchev–Trinajstić information content (AvgIpc) is 3.20. The standard InChI is InChI=1S/C20H16BrN3OS.BrH/c21-19-11-10-18(26-19)17(25)13-24-16-9-5-4-8-15(16)23(20(24)22)12-14-6-2-1-3-7-14;/h1-11,22H,12-13H2;1H/p-1. The first-order valence-corrected chi connectivity index (χ1v) is 9.79. The van der Waals surface area contributed by atoms with Gasteiger partial charge in [0.2, 0.25) is 5.62 Å². The van der Waals surface area contributed by atoms with E-state index in [0.717, 1.165) is 20.4 Å². The summed E-state index contributed by atoms with van der Waals surface area (Å²) in [6.07, 6.45) is 0. The molecule has 4 aromatic rings. The maximum atomic E-state index is 12.7. The van der Waals surface area contributed by atoms with Crippen LogP contribution in [0.1, 0.15) is 15.2 Å². The number of thiophene rings is 1. The Morgan fingerprint density at radius 2 is 1.56 bits per heavy atom. The van der Waals surface area contributed by atoms with Gasteiger partial charge in [-0.15, -0.1) is 11.3 Å². The molecule has 27 heavy (non-hydrogen) atoms. The molecule has 0 atom stereocenters. The third kappa shape index (κ3) is 4.00. The van der Waals surface area contributed by atoms with Crippen molar-refractivity contribution in [3.8, 4) is 0 Å². The van der Waals surface area contributed by atoms with E-state index in [1.54, 1.807) is 4.57 Å². The Morgan fingerprint density at radius 1 is 0.926 bits per heavy atom. The minimum atomic E-state index is 0. The summed E-state index contributed by atoms with van der Waals surface area (Å²) in [5.41, 5.74) is 3.32. The molecule has 2 aromatic heterocycles. The maximum absolute atomic E-state index is 12.7. The molecule has 0 unspecified atom stereocenters. The van der Waals surface area contributed by atoms with E-state index in [1.165, 1.54) is 11.3 Å². The Kier molecular flexibility index (Phi) is 6.14. The molecule has 0 spiro atoms. The SMILES string of the molecule is N=c1n(CC(=O)c2ccc(Br)s2)c2ccccc2n1Cc1ccccc1.[Br-]. The van der Waals surface area contributed by atoms with Crippen LogP contribution in [0.5, 0.6) is 0 Å². The van der Waals surface area contributed by atoms with E-state index in [2.05, 4.69) is 15.9 Å². The molecular formula is C20H16Br2N3OS-. The van der Waals surface area contributed by atoms with E-state index in [1.807, 2.05) is 71.3 Å². The van der Waals surface area contributed by atoms with Crippen molar-refractivity contribution in [1.29, 1.82) is 5.41 Å². The zero-order chi connectivity index (χ0) is 18.1. The van der Waals surface area contributed by atoms with Crippen LogP contribution in [0.4, 0.5) is 0 Å². The highest BCUT2D eigenvalue weighted by Crippen LogP contribution is 2.23. The summed E-state index contributed by atoms with van der Waals surface area (Å²) in [4.78, 5) is 13.4. The Bertz CT molecular complexity index is 1140. The van der Waals surface area contributed by atoms with E-state index in [4.69, 9.17) is 5.41 Å². The number of rotatable bonds is 5. The molecule has 7 heteroatoms. The molecular weight excluding hydrogens is 490 g/mol. The number of nitrogens with zero attached hydrogens (tertiary/aromatic N) is 2. The number of imidazole rings is 1. The number of fused-ring (bicyclic) bond motifs is 1. The summed E-state index contributed by atoms with van der Waals surface area (Å²) in [7, 11) is 0. The number of nitrogens with one attached hydrogen (secondary N) is 1. The Hall–Kier alpha value is -1.96. The van der Waals surface area contributed by atoms with E-state index < -0.39 is 0 Å². The highest BCUT2D eigenvalue weighted by Gasteiger charge is 2.15. The van der Waals surface area contributed by atoms with Crippen molar-refractivity contribution < 1.29 is 21.8 Å². The molecule has 4 rings (SSSR count). The van der Waals surface area contributed by atoms with E-state index in [0.29, 0.717) is 17.0 Å². The molecule has 0 aliphatic carbocycles. The van der Waals surface area contributed by atoms with Gasteiger partial charge in [0, 0.05) is 0 Å². The fourth-order valence-electron chi connectivity index (χ4n) is 3.07. The number of aromatic nitrogens is 2. The van der Waals surface area contributed by atoms with Crippen LogP contribution >= 0.6 is 27.3 Å². The minimum absolute atomic E-state index is 0. The smallest absolute Gasteiger partial charge is 0.203 e. The molecule has 2 heterocycles. The van der Waals surface area contributed by atoms with Crippen molar-refractivity contribution in [1.82, 2.24) is 9.13 Å². The van der Waals surface area contributed by atoms with Crippen LogP contribution in [0.25, 0.3) is 11.0 Å². The summed E-state index contributed by atoms with van der Waals surface area (Å²) in [5, 5.41) is 8.65. The summed E-state index contributed by atoms with van der Waals surface area (Å²) in [6.45, 7) is 0.764.